The van der Waals surface area contributed by atoms with Crippen LogP contribution in [0.3, 0.4) is 0 Å². The van der Waals surface area contributed by atoms with E-state index < -0.39 is 8.07 Å². The first kappa shape index (κ1) is 9.23. The van der Waals surface area contributed by atoms with Crippen LogP contribution in [-0.4, -0.2) is 8.07 Å². The lowest BCUT2D eigenvalue weighted by atomic mass is 10.7. The first-order valence-corrected chi connectivity index (χ1v) is 6.85. The van der Waals surface area contributed by atoms with Gasteiger partial charge in [0.2, 0.25) is 0 Å². The molecule has 0 nitrogen and oxygen atoms in total. The average molecular weight is 192 g/mol. The van der Waals surface area contributed by atoms with Gasteiger partial charge < -0.3 is 0 Å². The largest absolute Gasteiger partial charge is 0.167 e. The Kier molecular flexibility index (Phi) is 2.84. The van der Waals surface area contributed by atoms with Crippen molar-refractivity contribution in [2.45, 2.75) is 0 Å². The zero-order chi connectivity index (χ0) is 9.03. The van der Waals surface area contributed by atoms with E-state index in [9.17, 15) is 0 Å². The molecule has 0 aliphatic heterocycles. The quantitative estimate of drug-likeness (QED) is 0.643. The van der Waals surface area contributed by atoms with E-state index in [2.05, 4.69) is 37.2 Å². The molecule has 1 heterocycles. The molecule has 0 aromatic carbocycles. The van der Waals surface area contributed by atoms with Crippen LogP contribution < -0.4 is 4.50 Å². The van der Waals surface area contributed by atoms with Crippen LogP contribution in [0.25, 0.3) is 0 Å². The van der Waals surface area contributed by atoms with Crippen molar-refractivity contribution in [3.8, 4) is 0 Å². The van der Waals surface area contributed by atoms with Gasteiger partial charge in [-0.1, -0.05) is 29.2 Å². The van der Waals surface area contributed by atoms with Gasteiger partial charge in [-0.15, -0.1) is 19.7 Å². The van der Waals surface area contributed by atoms with Gasteiger partial charge in [0.25, 0.3) is 0 Å². The van der Waals surface area contributed by atoms with Crippen molar-refractivity contribution in [1.29, 1.82) is 0 Å². The van der Waals surface area contributed by atoms with Crippen molar-refractivity contribution in [2.75, 3.05) is 0 Å². The normalized spacial score (nSPS) is 10.7. The lowest BCUT2D eigenvalue weighted by Crippen LogP contribution is -2.40. The maximum absolute atomic E-state index is 3.86. The van der Waals surface area contributed by atoms with Crippen molar-refractivity contribution in [1.82, 2.24) is 0 Å². The highest BCUT2D eigenvalue weighted by atomic mass is 32.1. The second-order valence-electron chi connectivity index (χ2n) is 2.52. The van der Waals surface area contributed by atoms with Gasteiger partial charge in [-0.2, -0.15) is 11.3 Å². The summed E-state index contributed by atoms with van der Waals surface area (Å²) >= 11 is 1.75. The molecule has 12 heavy (non-hydrogen) atoms. The first-order valence-electron chi connectivity index (χ1n) is 3.74. The Labute approximate surface area is 78.6 Å². The van der Waals surface area contributed by atoms with E-state index in [1.54, 1.807) is 11.3 Å². The zero-order valence-electron chi connectivity index (χ0n) is 6.99. The Bertz CT molecular complexity index is 263. The van der Waals surface area contributed by atoms with Crippen LogP contribution in [0.1, 0.15) is 0 Å². The van der Waals surface area contributed by atoms with E-state index >= 15 is 0 Å². The average Bonchev–Trinajstić information content (AvgIpc) is 2.62. The molecule has 0 bridgehead atoms. The van der Waals surface area contributed by atoms with Crippen molar-refractivity contribution in [3.05, 3.63) is 54.3 Å². The van der Waals surface area contributed by atoms with E-state index in [0.717, 1.165) is 0 Å². The summed E-state index contributed by atoms with van der Waals surface area (Å²) in [6.45, 7) is 11.6. The van der Waals surface area contributed by atoms with Crippen LogP contribution in [0, 0.1) is 0 Å². The van der Waals surface area contributed by atoms with Crippen LogP contribution in [0.5, 0.6) is 0 Å². The third-order valence-electron chi connectivity index (χ3n) is 1.96. The molecule has 1 aromatic heterocycles. The third-order valence-corrected chi connectivity index (χ3v) is 7.11. The van der Waals surface area contributed by atoms with Crippen molar-refractivity contribution in [3.63, 3.8) is 0 Å². The molecule has 0 N–H and O–H groups in total. The monoisotopic (exact) mass is 192 g/mol. The molecule has 0 radical (unpaired) electrons. The summed E-state index contributed by atoms with van der Waals surface area (Å²) in [6, 6.07) is 4.18. The van der Waals surface area contributed by atoms with Gasteiger partial charge in [0.1, 0.15) is 0 Å². The molecule has 0 unspecified atom stereocenters. The highest BCUT2D eigenvalue weighted by Crippen LogP contribution is 2.11. The Morgan fingerprint density at radius 2 is 1.75 bits per heavy atom. The summed E-state index contributed by atoms with van der Waals surface area (Å²) < 4.78 is 1.35. The lowest BCUT2D eigenvalue weighted by molar-refractivity contribution is 2.01. The molecule has 0 amide bonds. The molecule has 0 fully saturated rings. The standard InChI is InChI=1S/C10H12SSi/c1-4-12(5-2,6-3)10-8-7-9-11-10/h4-9H,1-3H2. The Morgan fingerprint density at radius 3 is 2.08 bits per heavy atom. The van der Waals surface area contributed by atoms with E-state index in [1.165, 1.54) is 4.50 Å². The van der Waals surface area contributed by atoms with E-state index in [4.69, 9.17) is 0 Å². The van der Waals surface area contributed by atoms with Crippen LogP contribution in [0.4, 0.5) is 0 Å². The van der Waals surface area contributed by atoms with Gasteiger partial charge in [0.05, 0.1) is 0 Å². The van der Waals surface area contributed by atoms with Gasteiger partial charge in [0, 0.05) is 4.50 Å². The van der Waals surface area contributed by atoms with E-state index in [0.29, 0.717) is 0 Å². The van der Waals surface area contributed by atoms with Gasteiger partial charge in [-0.3, -0.25) is 0 Å². The predicted octanol–water partition coefficient (Wildman–Crippen LogP) is 2.58. The second-order valence-corrected chi connectivity index (χ2v) is 7.46. The summed E-state index contributed by atoms with van der Waals surface area (Å²) in [4.78, 5) is 0. The fourth-order valence-electron chi connectivity index (χ4n) is 1.08. The number of thiophene rings is 1. The lowest BCUT2D eigenvalue weighted by Gasteiger charge is -2.16. The molecular formula is C10H12SSi. The SMILES string of the molecule is C=C[Si](C=C)(C=C)c1cccs1. The highest BCUT2D eigenvalue weighted by molar-refractivity contribution is 7.29. The van der Waals surface area contributed by atoms with Crippen LogP contribution in [0.2, 0.25) is 0 Å². The summed E-state index contributed by atoms with van der Waals surface area (Å²) in [6.07, 6.45) is 0. The van der Waals surface area contributed by atoms with Crippen LogP contribution >= 0.6 is 11.3 Å². The van der Waals surface area contributed by atoms with E-state index in [-0.39, 0.29) is 0 Å². The minimum Gasteiger partial charge on any atom is -0.152 e. The summed E-state index contributed by atoms with van der Waals surface area (Å²) in [7, 11) is -1.73. The maximum Gasteiger partial charge on any atom is 0.167 e. The third kappa shape index (κ3) is 1.35. The highest BCUT2D eigenvalue weighted by Gasteiger charge is 2.24. The van der Waals surface area contributed by atoms with Crippen molar-refractivity contribution in [2.24, 2.45) is 0 Å². The number of hydrogen-bond donors (Lipinski definition) is 0. The molecule has 0 saturated heterocycles. The van der Waals surface area contributed by atoms with Crippen LogP contribution in [0.15, 0.2) is 54.3 Å². The number of rotatable bonds is 4. The molecule has 62 valence electrons. The summed E-state index contributed by atoms with van der Waals surface area (Å²) in [5.74, 6) is 0. The molecule has 1 aromatic rings. The Balaban J connectivity index is 3.18. The minimum absolute atomic E-state index is 1.35. The van der Waals surface area contributed by atoms with Crippen molar-refractivity contribution < 1.29 is 0 Å². The topological polar surface area (TPSA) is 0 Å². The molecule has 0 aliphatic rings. The van der Waals surface area contributed by atoms with Gasteiger partial charge in [-0.25, -0.2) is 0 Å². The summed E-state index contributed by atoms with van der Waals surface area (Å²) in [5.41, 5.74) is 6.00. The van der Waals surface area contributed by atoms with Gasteiger partial charge >= 0.3 is 0 Å². The van der Waals surface area contributed by atoms with Crippen molar-refractivity contribution >= 4 is 23.9 Å². The van der Waals surface area contributed by atoms with E-state index in [1.807, 2.05) is 17.1 Å². The summed E-state index contributed by atoms with van der Waals surface area (Å²) in [5, 5.41) is 2.08. The molecule has 0 spiro atoms. The second kappa shape index (κ2) is 3.69. The van der Waals surface area contributed by atoms with Gasteiger partial charge in [0.15, 0.2) is 8.07 Å². The fraction of sp³-hybridized carbons (Fsp3) is 0. The Hall–Kier alpha value is -0.863. The molecular weight excluding hydrogens is 180 g/mol. The fourth-order valence-corrected chi connectivity index (χ4v) is 4.80. The predicted molar refractivity (Wildman–Crippen MR) is 60.3 cm³/mol. The van der Waals surface area contributed by atoms with Crippen LogP contribution in [-0.2, 0) is 0 Å². The molecule has 0 saturated carbocycles. The molecule has 1 rings (SSSR count). The smallest absolute Gasteiger partial charge is 0.152 e. The molecule has 2 heteroatoms. The number of hydrogen-bond acceptors (Lipinski definition) is 1. The molecule has 0 aliphatic carbocycles. The maximum atomic E-state index is 3.86. The molecule has 0 atom stereocenters. The first-order chi connectivity index (χ1) is 5.79. The Morgan fingerprint density at radius 1 is 1.17 bits per heavy atom. The van der Waals surface area contributed by atoms with Gasteiger partial charge in [-0.05, 0) is 5.38 Å². The minimum atomic E-state index is -1.73. The zero-order valence-corrected chi connectivity index (χ0v) is 8.81.